The van der Waals surface area contributed by atoms with Gasteiger partial charge in [-0.1, -0.05) is 237 Å². The van der Waals surface area contributed by atoms with Crippen LogP contribution in [0.15, 0.2) is 0 Å². The highest BCUT2D eigenvalue weighted by Gasteiger charge is 2.17. The summed E-state index contributed by atoms with van der Waals surface area (Å²) in [5.41, 5.74) is 0. The van der Waals surface area contributed by atoms with E-state index in [4.69, 9.17) is 0 Å². The topological polar surface area (TPSA) is 0 Å². The highest BCUT2D eigenvalue weighted by Crippen LogP contribution is 2.32. The number of hydrogen-bond donors (Lipinski definition) is 0. The van der Waals surface area contributed by atoms with Crippen molar-refractivity contribution in [2.75, 3.05) is 0 Å². The second-order valence-electron chi connectivity index (χ2n) is 14.4. The van der Waals surface area contributed by atoms with Gasteiger partial charge in [-0.15, -0.1) is 0 Å². The van der Waals surface area contributed by atoms with Crippen molar-refractivity contribution in [2.24, 2.45) is 5.92 Å². The van der Waals surface area contributed by atoms with Crippen LogP contribution in [0.1, 0.15) is 225 Å². The Kier molecular flexibility index (Phi) is 25.5. The van der Waals surface area contributed by atoms with Crippen LogP contribution in [-0.4, -0.2) is 7.28 Å². The summed E-state index contributed by atoms with van der Waals surface area (Å²) in [5, 5.41) is 0. The van der Waals surface area contributed by atoms with Crippen LogP contribution in [0.3, 0.4) is 0 Å². The zero-order valence-corrected chi connectivity index (χ0v) is 27.3. The Morgan fingerprint density at radius 1 is 0.231 bits per heavy atom. The summed E-state index contributed by atoms with van der Waals surface area (Å²) in [7, 11) is 1.55. The van der Waals surface area contributed by atoms with E-state index >= 15 is 0 Å². The lowest BCUT2D eigenvalue weighted by Crippen LogP contribution is -2.10. The van der Waals surface area contributed by atoms with Gasteiger partial charge in [0.05, 0.1) is 0 Å². The third-order valence-corrected chi connectivity index (χ3v) is 10.7. The third kappa shape index (κ3) is 23.3. The molecule has 3 fully saturated rings. The molecule has 1 aliphatic carbocycles. The van der Waals surface area contributed by atoms with Crippen molar-refractivity contribution in [3.8, 4) is 0 Å². The molecule has 0 aromatic heterocycles. The molecule has 2 bridgehead atoms. The Balaban J connectivity index is 1.53. The van der Waals surface area contributed by atoms with Crippen LogP contribution >= 0.6 is 0 Å². The smallest absolute Gasteiger partial charge is 0.0772 e. The molecule has 3 rings (SSSR count). The maximum absolute atomic E-state index is 1.55. The molecule has 0 nitrogen and oxygen atoms in total. The van der Waals surface area contributed by atoms with Gasteiger partial charge in [0.25, 0.3) is 0 Å². The molecule has 1 heteroatoms. The molecule has 1 saturated carbocycles. The molecule has 0 aromatic carbocycles. The molecule has 0 atom stereocenters. The van der Waals surface area contributed by atoms with Crippen molar-refractivity contribution in [3.63, 3.8) is 0 Å². The van der Waals surface area contributed by atoms with E-state index in [1.807, 2.05) is 0 Å². The molecule has 39 heavy (non-hydrogen) atoms. The van der Waals surface area contributed by atoms with Crippen molar-refractivity contribution in [2.45, 2.75) is 237 Å². The minimum absolute atomic E-state index is 1.07. The molecule has 0 N–H and O–H groups in total. The van der Waals surface area contributed by atoms with Crippen LogP contribution in [0, 0.1) is 5.92 Å². The zero-order chi connectivity index (χ0) is 27.3. The summed E-state index contributed by atoms with van der Waals surface area (Å²) in [6.07, 6.45) is 54.5. The molecule has 0 spiro atoms. The summed E-state index contributed by atoms with van der Waals surface area (Å²) in [6, 6.07) is 0. The van der Waals surface area contributed by atoms with Gasteiger partial charge in [0.15, 0.2) is 0 Å². The Hall–Kier alpha value is 0.0649. The van der Waals surface area contributed by atoms with Crippen molar-refractivity contribution in [1.29, 1.82) is 0 Å². The molecule has 2 saturated heterocycles. The van der Waals surface area contributed by atoms with Gasteiger partial charge in [-0.2, -0.15) is 0 Å². The lowest BCUT2D eigenvalue weighted by molar-refractivity contribution is 0.346. The van der Waals surface area contributed by atoms with Gasteiger partial charge in [-0.3, -0.25) is 0 Å². The molecule has 0 amide bonds. The number of rotatable bonds is 0. The average molecular weight is 543 g/mol. The molecule has 230 valence electrons. The molecule has 2 aliphatic heterocycles. The number of hydrogen-bond acceptors (Lipinski definition) is 0. The van der Waals surface area contributed by atoms with Crippen LogP contribution < -0.4 is 0 Å². The average Bonchev–Trinajstić information content (AvgIpc) is 2.93. The Bertz CT molecular complexity index is 418. The molecular weight excluding hydrogens is 467 g/mol. The third-order valence-electron chi connectivity index (χ3n) is 10.7. The van der Waals surface area contributed by atoms with Gasteiger partial charge in [-0.05, 0) is 5.92 Å². The van der Waals surface area contributed by atoms with E-state index in [1.165, 1.54) is 199 Å². The summed E-state index contributed by atoms with van der Waals surface area (Å²) in [4.78, 5) is 0. The minimum atomic E-state index is 1.07. The van der Waals surface area contributed by atoms with Crippen LogP contribution in [0.25, 0.3) is 0 Å². The highest BCUT2D eigenvalue weighted by molar-refractivity contribution is 6.37. The number of fused-ring (bicyclic) bond motifs is 34. The van der Waals surface area contributed by atoms with E-state index in [9.17, 15) is 0 Å². The predicted octanol–water partition coefficient (Wildman–Crippen LogP) is 13.9. The van der Waals surface area contributed by atoms with Crippen LogP contribution in [0.2, 0.25) is 12.1 Å². The first-order valence-electron chi connectivity index (χ1n) is 19.4. The van der Waals surface area contributed by atoms with Crippen LogP contribution in [0.4, 0.5) is 0 Å². The summed E-state index contributed by atoms with van der Waals surface area (Å²) >= 11 is 0. The SMILES string of the molecule is B1CCCCCCCCCCCCCCCCCCCCCCCCCCCCCCC2CCCC1CCC2. The first kappa shape index (κ1) is 35.3. The highest BCUT2D eigenvalue weighted by atomic mass is 14.2. The van der Waals surface area contributed by atoms with E-state index in [1.54, 1.807) is 39.4 Å². The Labute approximate surface area is 249 Å². The quantitative estimate of drug-likeness (QED) is 0.267. The van der Waals surface area contributed by atoms with Gasteiger partial charge >= 0.3 is 0 Å². The lowest BCUT2D eigenvalue weighted by Gasteiger charge is -2.24. The maximum atomic E-state index is 1.55. The van der Waals surface area contributed by atoms with E-state index in [-0.39, 0.29) is 0 Å². The van der Waals surface area contributed by atoms with Crippen LogP contribution in [-0.2, 0) is 0 Å². The normalized spacial score (nSPS) is 28.1. The fraction of sp³-hybridized carbons (Fsp3) is 1.00. The minimum Gasteiger partial charge on any atom is -0.0772 e. The van der Waals surface area contributed by atoms with E-state index in [0.29, 0.717) is 0 Å². The second-order valence-corrected chi connectivity index (χ2v) is 14.4. The van der Waals surface area contributed by atoms with Crippen molar-refractivity contribution in [1.82, 2.24) is 0 Å². The Morgan fingerprint density at radius 3 is 0.821 bits per heavy atom. The van der Waals surface area contributed by atoms with E-state index in [2.05, 4.69) is 0 Å². The molecule has 0 aromatic rings. The molecule has 3 aliphatic rings. The monoisotopic (exact) mass is 543 g/mol. The maximum Gasteiger partial charge on any atom is 0.124 e. The summed E-state index contributed by atoms with van der Waals surface area (Å²) in [6.45, 7) is 0. The van der Waals surface area contributed by atoms with Crippen molar-refractivity contribution < 1.29 is 0 Å². The molecule has 2 heterocycles. The standard InChI is InChI=1S/C38H75B/c1-2-4-6-8-10-12-14-16-18-20-22-24-26-28-36-39-38-34-29-32-37(33-30-35-38)31-27-25-23-21-19-17-15-13-11-9-7-5-3-1/h37-39H,1-36H2. The molecular formula is C38H75B. The predicted molar refractivity (Wildman–Crippen MR) is 181 cm³/mol. The van der Waals surface area contributed by atoms with Crippen molar-refractivity contribution in [3.05, 3.63) is 0 Å². The zero-order valence-electron chi connectivity index (χ0n) is 27.3. The van der Waals surface area contributed by atoms with E-state index < -0.39 is 0 Å². The molecule has 0 unspecified atom stereocenters. The first-order valence-corrected chi connectivity index (χ1v) is 19.4. The van der Waals surface area contributed by atoms with Gasteiger partial charge < -0.3 is 0 Å². The van der Waals surface area contributed by atoms with E-state index in [0.717, 1.165) is 11.7 Å². The summed E-state index contributed by atoms with van der Waals surface area (Å²) in [5.74, 6) is 2.14. The fourth-order valence-corrected chi connectivity index (χ4v) is 7.90. The fourth-order valence-electron chi connectivity index (χ4n) is 7.90. The van der Waals surface area contributed by atoms with Crippen LogP contribution in [0.5, 0.6) is 0 Å². The molecule has 0 radical (unpaired) electrons. The van der Waals surface area contributed by atoms with Gasteiger partial charge in [-0.25, -0.2) is 0 Å². The summed E-state index contributed by atoms with van der Waals surface area (Å²) < 4.78 is 0. The first-order chi connectivity index (χ1) is 19.4. The Morgan fingerprint density at radius 2 is 0.487 bits per heavy atom. The van der Waals surface area contributed by atoms with Gasteiger partial charge in [0.2, 0.25) is 0 Å². The van der Waals surface area contributed by atoms with Gasteiger partial charge in [0.1, 0.15) is 7.28 Å². The lowest BCUT2D eigenvalue weighted by atomic mass is 9.57. The largest absolute Gasteiger partial charge is 0.124 e. The second kappa shape index (κ2) is 28.2. The van der Waals surface area contributed by atoms with Crippen molar-refractivity contribution >= 4 is 7.28 Å². The van der Waals surface area contributed by atoms with Gasteiger partial charge in [0, 0.05) is 0 Å².